The molecule has 1 N–H and O–H groups in total. The Hall–Kier alpha value is -2.01. The predicted molar refractivity (Wildman–Crippen MR) is 72.8 cm³/mol. The predicted octanol–water partition coefficient (Wildman–Crippen LogP) is 3.82. The van der Waals surface area contributed by atoms with Crippen LogP contribution in [0.2, 0.25) is 0 Å². The van der Waals surface area contributed by atoms with E-state index in [1.807, 2.05) is 19.9 Å². The second kappa shape index (κ2) is 6.43. The molecule has 1 aromatic carbocycles. The monoisotopic (exact) mass is 278 g/mol. The van der Waals surface area contributed by atoms with Gasteiger partial charge in [-0.25, -0.2) is 13.8 Å². The fourth-order valence-electron chi connectivity index (χ4n) is 1.84. The van der Waals surface area contributed by atoms with Crippen molar-refractivity contribution in [2.24, 2.45) is 0 Å². The van der Waals surface area contributed by atoms with Crippen LogP contribution in [0.5, 0.6) is 11.6 Å². The number of aromatic nitrogens is 1. The van der Waals surface area contributed by atoms with Crippen molar-refractivity contribution in [3.63, 3.8) is 0 Å². The van der Waals surface area contributed by atoms with Crippen LogP contribution in [0.1, 0.15) is 25.5 Å². The molecule has 0 radical (unpaired) electrons. The number of nitrogens with one attached hydrogen (secondary N) is 1. The van der Waals surface area contributed by atoms with Gasteiger partial charge < -0.3 is 10.1 Å². The van der Waals surface area contributed by atoms with Crippen molar-refractivity contribution >= 4 is 0 Å². The summed E-state index contributed by atoms with van der Waals surface area (Å²) in [6.07, 6.45) is 1.60. The zero-order valence-corrected chi connectivity index (χ0v) is 11.4. The lowest BCUT2D eigenvalue weighted by Gasteiger charge is -2.13. The van der Waals surface area contributed by atoms with Gasteiger partial charge in [0.25, 0.3) is 0 Å². The molecule has 2 aromatic rings. The van der Waals surface area contributed by atoms with Gasteiger partial charge in [-0.1, -0.05) is 6.92 Å². The summed E-state index contributed by atoms with van der Waals surface area (Å²) in [6, 6.07) is 6.90. The number of hydrogen-bond donors (Lipinski definition) is 1. The van der Waals surface area contributed by atoms with Crippen LogP contribution in [0.15, 0.2) is 36.5 Å². The van der Waals surface area contributed by atoms with Crippen molar-refractivity contribution in [3.8, 4) is 11.6 Å². The van der Waals surface area contributed by atoms with Gasteiger partial charge in [-0.3, -0.25) is 0 Å². The number of rotatable bonds is 5. The highest BCUT2D eigenvalue weighted by Gasteiger charge is 2.09. The van der Waals surface area contributed by atoms with Gasteiger partial charge in [0.1, 0.15) is 5.82 Å². The first-order chi connectivity index (χ1) is 9.60. The van der Waals surface area contributed by atoms with Crippen LogP contribution in [0.25, 0.3) is 0 Å². The van der Waals surface area contributed by atoms with Crippen molar-refractivity contribution in [3.05, 3.63) is 53.7 Å². The molecule has 20 heavy (non-hydrogen) atoms. The summed E-state index contributed by atoms with van der Waals surface area (Å²) < 4.78 is 31.7. The zero-order chi connectivity index (χ0) is 14.5. The first kappa shape index (κ1) is 14.4. The van der Waals surface area contributed by atoms with E-state index >= 15 is 0 Å². The first-order valence-electron chi connectivity index (χ1n) is 6.42. The minimum absolute atomic E-state index is 0.0489. The quantitative estimate of drug-likeness (QED) is 0.902. The molecule has 1 unspecified atom stereocenters. The number of hydrogen-bond acceptors (Lipinski definition) is 3. The molecule has 0 fully saturated rings. The summed E-state index contributed by atoms with van der Waals surface area (Å²) in [5, 5.41) is 3.26. The molecule has 0 aliphatic carbocycles. The second-order valence-electron chi connectivity index (χ2n) is 4.38. The molecular weight excluding hydrogens is 262 g/mol. The molecule has 0 bridgehead atoms. The fourth-order valence-corrected chi connectivity index (χ4v) is 1.84. The number of ether oxygens (including phenoxy) is 1. The molecule has 1 aromatic heterocycles. The van der Waals surface area contributed by atoms with E-state index in [9.17, 15) is 8.78 Å². The van der Waals surface area contributed by atoms with E-state index in [0.717, 1.165) is 24.2 Å². The number of pyridine rings is 1. The van der Waals surface area contributed by atoms with Crippen LogP contribution < -0.4 is 10.1 Å². The highest BCUT2D eigenvalue weighted by atomic mass is 19.1. The van der Waals surface area contributed by atoms with E-state index in [0.29, 0.717) is 0 Å². The van der Waals surface area contributed by atoms with Crippen LogP contribution >= 0.6 is 0 Å². The van der Waals surface area contributed by atoms with E-state index in [1.54, 1.807) is 12.3 Å². The smallest absolute Gasteiger partial charge is 0.219 e. The molecule has 3 nitrogen and oxygen atoms in total. The summed E-state index contributed by atoms with van der Waals surface area (Å²) in [6.45, 7) is 4.87. The Labute approximate surface area is 116 Å². The third-order valence-corrected chi connectivity index (χ3v) is 2.88. The molecule has 0 amide bonds. The summed E-state index contributed by atoms with van der Waals surface area (Å²) in [4.78, 5) is 4.03. The van der Waals surface area contributed by atoms with Gasteiger partial charge in [0.05, 0.1) is 0 Å². The van der Waals surface area contributed by atoms with Crippen molar-refractivity contribution in [1.29, 1.82) is 0 Å². The molecule has 0 aliphatic rings. The highest BCUT2D eigenvalue weighted by Crippen LogP contribution is 2.25. The second-order valence-corrected chi connectivity index (χ2v) is 4.38. The van der Waals surface area contributed by atoms with Gasteiger partial charge in [-0.05, 0) is 37.2 Å². The zero-order valence-electron chi connectivity index (χ0n) is 11.4. The van der Waals surface area contributed by atoms with E-state index in [2.05, 4.69) is 10.3 Å². The third kappa shape index (κ3) is 3.51. The molecule has 0 saturated carbocycles. The van der Waals surface area contributed by atoms with Crippen molar-refractivity contribution in [2.75, 3.05) is 6.54 Å². The van der Waals surface area contributed by atoms with Crippen LogP contribution in [0, 0.1) is 11.6 Å². The van der Waals surface area contributed by atoms with E-state index in [1.165, 1.54) is 6.07 Å². The largest absolute Gasteiger partial charge is 0.436 e. The van der Waals surface area contributed by atoms with Crippen LogP contribution in [0.3, 0.4) is 0 Å². The Morgan fingerprint density at radius 1 is 1.25 bits per heavy atom. The number of halogens is 2. The lowest BCUT2D eigenvalue weighted by molar-refractivity contribution is 0.422. The van der Waals surface area contributed by atoms with Crippen molar-refractivity contribution < 1.29 is 13.5 Å². The van der Waals surface area contributed by atoms with Gasteiger partial charge >= 0.3 is 0 Å². The van der Waals surface area contributed by atoms with E-state index in [-0.39, 0.29) is 17.7 Å². The number of benzene rings is 1. The first-order valence-corrected chi connectivity index (χ1v) is 6.42. The summed E-state index contributed by atoms with van der Waals surface area (Å²) in [7, 11) is 0. The summed E-state index contributed by atoms with van der Waals surface area (Å²) in [5.41, 5.74) is 0.986. The van der Waals surface area contributed by atoms with Crippen molar-refractivity contribution in [2.45, 2.75) is 19.9 Å². The molecule has 1 atom stereocenters. The lowest BCUT2D eigenvalue weighted by Crippen LogP contribution is -2.17. The van der Waals surface area contributed by atoms with Gasteiger partial charge in [0.2, 0.25) is 5.88 Å². The molecular formula is C15H16F2N2O. The molecule has 5 heteroatoms. The normalized spacial score (nSPS) is 12.2. The molecule has 0 saturated heterocycles. The van der Waals surface area contributed by atoms with Gasteiger partial charge in [-0.2, -0.15) is 0 Å². The summed E-state index contributed by atoms with van der Waals surface area (Å²) in [5.74, 6) is -1.17. The minimum atomic E-state index is -0.753. The third-order valence-electron chi connectivity index (χ3n) is 2.88. The molecule has 2 rings (SSSR count). The Morgan fingerprint density at radius 3 is 2.75 bits per heavy atom. The van der Waals surface area contributed by atoms with Crippen LogP contribution in [-0.4, -0.2) is 11.5 Å². The fraction of sp³-hybridized carbons (Fsp3) is 0.267. The highest BCUT2D eigenvalue weighted by molar-refractivity contribution is 5.31. The Bertz CT molecular complexity index is 590. The maximum absolute atomic E-state index is 13.5. The van der Waals surface area contributed by atoms with Gasteiger partial charge in [-0.15, -0.1) is 0 Å². The van der Waals surface area contributed by atoms with Gasteiger partial charge in [0.15, 0.2) is 11.6 Å². The maximum Gasteiger partial charge on any atom is 0.219 e. The molecule has 106 valence electrons. The maximum atomic E-state index is 13.5. The average molecular weight is 278 g/mol. The van der Waals surface area contributed by atoms with Crippen molar-refractivity contribution in [1.82, 2.24) is 10.3 Å². The Balaban J connectivity index is 2.19. The van der Waals surface area contributed by atoms with E-state index in [4.69, 9.17) is 4.74 Å². The standard InChI is InChI=1S/C15H16F2N2O/c1-3-18-10(2)11-6-7-19-15(8-11)20-14-5-4-12(16)9-13(14)17/h4-10,18H,3H2,1-2H3. The molecule has 1 heterocycles. The topological polar surface area (TPSA) is 34.2 Å². The average Bonchev–Trinajstić information content (AvgIpc) is 2.43. The van der Waals surface area contributed by atoms with E-state index < -0.39 is 11.6 Å². The Kier molecular flexibility index (Phi) is 4.63. The molecule has 0 aliphatic heterocycles. The van der Waals surface area contributed by atoms with Crippen LogP contribution in [-0.2, 0) is 0 Å². The Morgan fingerprint density at radius 2 is 2.05 bits per heavy atom. The van der Waals surface area contributed by atoms with Gasteiger partial charge in [0, 0.05) is 24.4 Å². The lowest BCUT2D eigenvalue weighted by atomic mass is 10.1. The van der Waals surface area contributed by atoms with Crippen LogP contribution in [0.4, 0.5) is 8.78 Å². The SMILES string of the molecule is CCNC(C)c1ccnc(Oc2ccc(F)cc2F)c1. The number of nitrogens with zero attached hydrogens (tertiary/aromatic N) is 1. The minimum Gasteiger partial charge on any atom is -0.436 e. The molecule has 0 spiro atoms. The summed E-state index contributed by atoms with van der Waals surface area (Å²) >= 11 is 0.